The highest BCUT2D eigenvalue weighted by Gasteiger charge is 2.42. The molecular formula is C24H26N2O5. The Labute approximate surface area is 180 Å². The summed E-state index contributed by atoms with van der Waals surface area (Å²) in [7, 11) is 5.44. The first-order valence-corrected chi connectivity index (χ1v) is 10.3. The fourth-order valence-electron chi connectivity index (χ4n) is 3.95. The van der Waals surface area contributed by atoms with Crippen LogP contribution in [0.3, 0.4) is 0 Å². The first-order chi connectivity index (χ1) is 14.9. The number of hydrogen-bond acceptors (Lipinski definition) is 6. The maximum atomic E-state index is 13.5. The number of nitrogens with zero attached hydrogens (tertiary/aromatic N) is 2. The van der Waals surface area contributed by atoms with Crippen molar-refractivity contribution in [2.45, 2.75) is 13.0 Å². The maximum Gasteiger partial charge on any atom is 0.290 e. The number of likely N-dealkylation sites (N-methyl/N-ethyl adjacent to an activating group) is 1. The molecule has 31 heavy (non-hydrogen) atoms. The van der Waals surface area contributed by atoms with Gasteiger partial charge in [-0.2, -0.15) is 0 Å². The molecule has 0 unspecified atom stereocenters. The summed E-state index contributed by atoms with van der Waals surface area (Å²) in [5.41, 5.74) is 1.33. The van der Waals surface area contributed by atoms with Gasteiger partial charge in [0.2, 0.25) is 5.76 Å². The molecule has 0 spiro atoms. The number of methoxy groups -OCH3 is 1. The third-order valence-corrected chi connectivity index (χ3v) is 5.45. The second kappa shape index (κ2) is 8.43. The summed E-state index contributed by atoms with van der Waals surface area (Å²) in [6.45, 7) is 3.56. The lowest BCUT2D eigenvalue weighted by Crippen LogP contribution is -2.35. The zero-order valence-electron chi connectivity index (χ0n) is 18.2. The van der Waals surface area contributed by atoms with Gasteiger partial charge in [0.05, 0.1) is 30.7 Å². The van der Waals surface area contributed by atoms with Crippen molar-refractivity contribution in [1.29, 1.82) is 0 Å². The molecule has 0 saturated heterocycles. The highest BCUT2D eigenvalue weighted by molar-refractivity contribution is 5.99. The molecule has 7 heteroatoms. The van der Waals surface area contributed by atoms with Gasteiger partial charge in [-0.05, 0) is 50.8 Å². The molecule has 7 nitrogen and oxygen atoms in total. The van der Waals surface area contributed by atoms with Gasteiger partial charge < -0.3 is 23.7 Å². The second-order valence-corrected chi connectivity index (χ2v) is 7.75. The molecule has 1 aromatic heterocycles. The number of hydrogen-bond donors (Lipinski definition) is 0. The van der Waals surface area contributed by atoms with E-state index >= 15 is 0 Å². The molecule has 1 atom stereocenters. The lowest BCUT2D eigenvalue weighted by molar-refractivity contribution is 0.0716. The highest BCUT2D eigenvalue weighted by atomic mass is 16.5. The molecule has 1 aliphatic rings. The summed E-state index contributed by atoms with van der Waals surface area (Å²) in [6, 6.07) is 12.0. The number of benzene rings is 2. The smallest absolute Gasteiger partial charge is 0.290 e. The average molecular weight is 422 g/mol. The number of carbonyl (C=O) groups is 1. The number of carbonyl (C=O) groups excluding carboxylic acids is 1. The van der Waals surface area contributed by atoms with Crippen LogP contribution in [0.2, 0.25) is 0 Å². The first kappa shape index (κ1) is 20.9. The van der Waals surface area contributed by atoms with E-state index in [1.54, 1.807) is 30.2 Å². The van der Waals surface area contributed by atoms with Gasteiger partial charge in [0.25, 0.3) is 5.91 Å². The van der Waals surface area contributed by atoms with Gasteiger partial charge in [-0.1, -0.05) is 12.1 Å². The quantitative estimate of drug-likeness (QED) is 0.582. The summed E-state index contributed by atoms with van der Waals surface area (Å²) in [5, 5.41) is 0.424. The molecule has 0 aliphatic carbocycles. The summed E-state index contributed by atoms with van der Waals surface area (Å²) in [5.74, 6) is 1.07. The van der Waals surface area contributed by atoms with Crippen LogP contribution in [0.5, 0.6) is 11.5 Å². The van der Waals surface area contributed by atoms with Crippen molar-refractivity contribution in [1.82, 2.24) is 9.80 Å². The zero-order valence-corrected chi connectivity index (χ0v) is 18.2. The summed E-state index contributed by atoms with van der Waals surface area (Å²) in [6.07, 6.45) is 0. The lowest BCUT2D eigenvalue weighted by atomic mass is 9.98. The Balaban J connectivity index is 1.91. The molecule has 162 valence electrons. The number of ether oxygens (including phenoxy) is 2. The average Bonchev–Trinajstić information content (AvgIpc) is 3.04. The van der Waals surface area contributed by atoms with Gasteiger partial charge in [0.1, 0.15) is 17.1 Å². The van der Waals surface area contributed by atoms with Gasteiger partial charge in [-0.25, -0.2) is 0 Å². The van der Waals surface area contributed by atoms with E-state index in [4.69, 9.17) is 13.9 Å². The van der Waals surface area contributed by atoms with E-state index in [-0.39, 0.29) is 17.1 Å². The molecule has 0 radical (unpaired) electrons. The molecule has 1 aliphatic heterocycles. The first-order valence-electron chi connectivity index (χ1n) is 10.3. The summed E-state index contributed by atoms with van der Waals surface area (Å²) in [4.78, 5) is 30.6. The van der Waals surface area contributed by atoms with E-state index in [0.717, 1.165) is 5.56 Å². The molecule has 4 rings (SSSR count). The Kier molecular flexibility index (Phi) is 5.69. The van der Waals surface area contributed by atoms with Crippen LogP contribution in [0.4, 0.5) is 0 Å². The van der Waals surface area contributed by atoms with Crippen molar-refractivity contribution in [2.24, 2.45) is 0 Å². The van der Waals surface area contributed by atoms with Crippen LogP contribution in [0.25, 0.3) is 11.0 Å². The summed E-state index contributed by atoms with van der Waals surface area (Å²) >= 11 is 0. The van der Waals surface area contributed by atoms with Crippen molar-refractivity contribution in [3.8, 4) is 11.5 Å². The minimum absolute atomic E-state index is 0.0938. The van der Waals surface area contributed by atoms with Crippen molar-refractivity contribution in [3.05, 3.63) is 69.6 Å². The second-order valence-electron chi connectivity index (χ2n) is 7.75. The molecule has 2 aromatic carbocycles. The highest BCUT2D eigenvalue weighted by Crippen LogP contribution is 2.39. The van der Waals surface area contributed by atoms with Crippen LogP contribution < -0.4 is 14.9 Å². The van der Waals surface area contributed by atoms with Gasteiger partial charge in [0.15, 0.2) is 5.43 Å². The van der Waals surface area contributed by atoms with Crippen LogP contribution in [-0.4, -0.2) is 56.6 Å². The maximum absolute atomic E-state index is 13.5. The van der Waals surface area contributed by atoms with Gasteiger partial charge in [-0.15, -0.1) is 0 Å². The van der Waals surface area contributed by atoms with Crippen LogP contribution in [0, 0.1) is 0 Å². The third kappa shape index (κ3) is 3.77. The fourth-order valence-corrected chi connectivity index (χ4v) is 3.95. The van der Waals surface area contributed by atoms with Crippen molar-refractivity contribution < 1.29 is 18.7 Å². The van der Waals surface area contributed by atoms with Crippen LogP contribution in [0.1, 0.15) is 34.6 Å². The monoisotopic (exact) mass is 422 g/mol. The van der Waals surface area contributed by atoms with E-state index in [9.17, 15) is 9.59 Å². The van der Waals surface area contributed by atoms with Gasteiger partial charge in [0, 0.05) is 19.2 Å². The molecule has 2 heterocycles. The molecule has 0 saturated carbocycles. The molecule has 0 N–H and O–H groups in total. The van der Waals surface area contributed by atoms with Crippen molar-refractivity contribution in [3.63, 3.8) is 0 Å². The van der Waals surface area contributed by atoms with Crippen molar-refractivity contribution >= 4 is 16.9 Å². The minimum atomic E-state index is -0.536. The van der Waals surface area contributed by atoms with Gasteiger partial charge >= 0.3 is 0 Å². The molecule has 0 bridgehead atoms. The number of fused-ring (bicyclic) bond motifs is 2. The molecule has 1 amide bonds. The van der Waals surface area contributed by atoms with E-state index in [1.165, 1.54) is 0 Å². The third-order valence-electron chi connectivity index (χ3n) is 5.45. The normalized spacial score (nSPS) is 15.6. The SMILES string of the molecule is CCOc1cccc([C@H]2c3c(oc4cc(OC)ccc4c3=O)C(=O)N2CCN(C)C)c1. The molecular weight excluding hydrogens is 396 g/mol. The number of amides is 1. The summed E-state index contributed by atoms with van der Waals surface area (Å²) < 4.78 is 16.9. The fraction of sp³-hybridized carbons (Fsp3) is 0.333. The predicted octanol–water partition coefficient (Wildman–Crippen LogP) is 3.31. The standard InChI is InChI=1S/C24H26N2O5/c1-5-30-17-8-6-7-15(13-17)21-20-22(27)18-10-9-16(29-4)14-19(18)31-23(20)24(28)26(21)12-11-25(2)3/h6-10,13-14,21H,5,11-12H2,1-4H3/t21-/m0/s1. The van der Waals surface area contributed by atoms with Crippen LogP contribution in [-0.2, 0) is 0 Å². The largest absolute Gasteiger partial charge is 0.497 e. The Morgan fingerprint density at radius 2 is 1.90 bits per heavy atom. The van der Waals surface area contributed by atoms with E-state index in [1.807, 2.05) is 50.2 Å². The Morgan fingerprint density at radius 1 is 1.10 bits per heavy atom. The Hall–Kier alpha value is -3.32. The zero-order chi connectivity index (χ0) is 22.1. The van der Waals surface area contributed by atoms with E-state index in [2.05, 4.69) is 0 Å². The predicted molar refractivity (Wildman–Crippen MR) is 118 cm³/mol. The van der Waals surface area contributed by atoms with Crippen molar-refractivity contribution in [2.75, 3.05) is 40.9 Å². The van der Waals surface area contributed by atoms with E-state index < -0.39 is 6.04 Å². The van der Waals surface area contributed by atoms with Crippen LogP contribution >= 0.6 is 0 Å². The minimum Gasteiger partial charge on any atom is -0.497 e. The number of rotatable bonds is 7. The lowest BCUT2D eigenvalue weighted by Gasteiger charge is -2.26. The van der Waals surface area contributed by atoms with Gasteiger partial charge in [-0.3, -0.25) is 9.59 Å². The Bertz CT molecular complexity index is 1180. The van der Waals surface area contributed by atoms with Crippen LogP contribution in [0.15, 0.2) is 51.7 Å². The van der Waals surface area contributed by atoms with E-state index in [0.29, 0.717) is 47.7 Å². The molecule has 3 aromatic rings. The Morgan fingerprint density at radius 3 is 2.61 bits per heavy atom. The topological polar surface area (TPSA) is 72.2 Å². The molecule has 0 fully saturated rings.